The lowest BCUT2D eigenvalue weighted by Crippen LogP contribution is -2.86. The van der Waals surface area contributed by atoms with Gasteiger partial charge in [-0.3, -0.25) is 14.4 Å². The Hall–Kier alpha value is -3.60. The normalized spacial score (nSPS) is 21.6. The standard InChI is InChI=1S/C29H41N7O4/c30-26(37)24(16-20-17-32-23-9-5-4-8-22(20)23)34-27(38)25-18-35(28(39)19-10-12-31-13-11-19)14-15-36(25)29(40)33-21-6-2-1-3-7-21/h4-5,8-9,17,19,21,24-25,31-32H,1-3,6-7,10-16,18H2,(H2,30,37)(H,33,40)(H,34,38)/p+1/t24-,25-/m1/s1. The monoisotopic (exact) mass is 552 g/mol. The maximum atomic E-state index is 13.8. The van der Waals surface area contributed by atoms with Gasteiger partial charge in [0.25, 0.3) is 0 Å². The van der Waals surface area contributed by atoms with Crippen LogP contribution >= 0.6 is 0 Å². The number of H-pyrrole nitrogens is 1. The highest BCUT2D eigenvalue weighted by molar-refractivity contribution is 5.93. The van der Waals surface area contributed by atoms with Gasteiger partial charge in [0.05, 0.1) is 19.6 Å². The van der Waals surface area contributed by atoms with E-state index in [1.807, 2.05) is 30.5 Å². The van der Waals surface area contributed by atoms with E-state index >= 15 is 0 Å². The molecule has 1 aliphatic carbocycles. The van der Waals surface area contributed by atoms with Crippen molar-refractivity contribution in [1.29, 1.82) is 0 Å². The molecule has 2 atom stereocenters. The van der Waals surface area contributed by atoms with Crippen molar-refractivity contribution in [3.8, 4) is 0 Å². The minimum Gasteiger partial charge on any atom is -0.368 e. The number of nitrogens with two attached hydrogens (primary N) is 2. The van der Waals surface area contributed by atoms with Gasteiger partial charge in [-0.25, -0.2) is 4.79 Å². The number of aromatic nitrogens is 1. The Labute approximate surface area is 234 Å². The van der Waals surface area contributed by atoms with E-state index in [2.05, 4.69) is 20.9 Å². The first-order chi connectivity index (χ1) is 19.4. The zero-order chi connectivity index (χ0) is 28.1. The molecular formula is C29H42N7O4+. The Morgan fingerprint density at radius 3 is 2.52 bits per heavy atom. The van der Waals surface area contributed by atoms with E-state index in [1.54, 1.807) is 4.90 Å². The molecule has 0 radical (unpaired) electrons. The molecule has 0 bridgehead atoms. The first-order valence-corrected chi connectivity index (χ1v) is 14.7. The number of amides is 5. The van der Waals surface area contributed by atoms with Crippen LogP contribution in [0.25, 0.3) is 10.9 Å². The fraction of sp³-hybridized carbons (Fsp3) is 0.586. The number of urea groups is 1. The van der Waals surface area contributed by atoms with Crippen LogP contribution in [-0.4, -0.2) is 89.4 Å². The van der Waals surface area contributed by atoms with Crippen molar-refractivity contribution >= 4 is 34.7 Å². The molecule has 5 amide bonds. The minimum atomic E-state index is -0.963. The first-order valence-electron chi connectivity index (χ1n) is 14.7. The van der Waals surface area contributed by atoms with Gasteiger partial charge in [-0.2, -0.15) is 0 Å². The largest absolute Gasteiger partial charge is 0.368 e. The molecule has 40 heavy (non-hydrogen) atoms. The molecule has 11 heteroatoms. The SMILES string of the molecule is NC(=O)[C@@H](Cc1c[nH]c2ccccc12)NC(=O)[C@H]1CN(C(=O)C2CC[NH2+]CC2)CCN1C(=O)NC1CCCCC1. The van der Waals surface area contributed by atoms with E-state index in [4.69, 9.17) is 5.73 Å². The number of nitrogens with zero attached hydrogens (tertiary/aromatic N) is 2. The molecule has 3 aliphatic rings. The van der Waals surface area contributed by atoms with Crippen molar-refractivity contribution in [1.82, 2.24) is 25.4 Å². The number of hydrogen-bond acceptors (Lipinski definition) is 4. The number of primary amides is 1. The predicted octanol–water partition coefficient (Wildman–Crippen LogP) is 0.209. The Balaban J connectivity index is 1.32. The van der Waals surface area contributed by atoms with Crippen LogP contribution in [0.5, 0.6) is 0 Å². The third-order valence-corrected chi connectivity index (χ3v) is 8.73. The summed E-state index contributed by atoms with van der Waals surface area (Å²) in [5.74, 6) is -1.14. The van der Waals surface area contributed by atoms with E-state index < -0.39 is 23.9 Å². The summed E-state index contributed by atoms with van der Waals surface area (Å²) < 4.78 is 0. The number of piperidine rings is 1. The van der Waals surface area contributed by atoms with Crippen LogP contribution in [-0.2, 0) is 20.8 Å². The van der Waals surface area contributed by atoms with Crippen LogP contribution in [0.15, 0.2) is 30.5 Å². The van der Waals surface area contributed by atoms with Crippen molar-refractivity contribution in [2.24, 2.45) is 11.7 Å². The molecule has 2 saturated heterocycles. The summed E-state index contributed by atoms with van der Waals surface area (Å²) in [6, 6.07) is 5.64. The van der Waals surface area contributed by atoms with Gasteiger partial charge in [0.1, 0.15) is 12.1 Å². The third-order valence-electron chi connectivity index (χ3n) is 8.73. The molecule has 11 nitrogen and oxygen atoms in total. The third kappa shape index (κ3) is 6.41. The summed E-state index contributed by atoms with van der Waals surface area (Å²) in [6.45, 7) is 2.57. The van der Waals surface area contributed by atoms with Crippen molar-refractivity contribution in [3.05, 3.63) is 36.0 Å². The van der Waals surface area contributed by atoms with Gasteiger partial charge in [0.15, 0.2) is 0 Å². The number of piperazine rings is 1. The number of rotatable bonds is 7. The average Bonchev–Trinajstić information content (AvgIpc) is 3.39. The van der Waals surface area contributed by atoms with E-state index in [-0.39, 0.29) is 43.4 Å². The van der Waals surface area contributed by atoms with Crippen LogP contribution in [0.1, 0.15) is 50.5 Å². The average molecular weight is 553 g/mol. The number of carbonyl (C=O) groups excluding carboxylic acids is 4. The van der Waals surface area contributed by atoms with Crippen LogP contribution in [0, 0.1) is 5.92 Å². The highest BCUT2D eigenvalue weighted by Gasteiger charge is 2.40. The van der Waals surface area contributed by atoms with Gasteiger partial charge in [-0.1, -0.05) is 37.5 Å². The number of hydrogen-bond donors (Lipinski definition) is 5. The number of aromatic amines is 1. The predicted molar refractivity (Wildman–Crippen MR) is 150 cm³/mol. The van der Waals surface area contributed by atoms with Gasteiger partial charge in [0, 0.05) is 61.4 Å². The Bertz CT molecular complexity index is 1220. The fourth-order valence-electron chi connectivity index (χ4n) is 6.40. The van der Waals surface area contributed by atoms with Crippen molar-refractivity contribution in [2.75, 3.05) is 32.7 Å². The molecule has 1 saturated carbocycles. The zero-order valence-corrected chi connectivity index (χ0v) is 23.1. The van der Waals surface area contributed by atoms with Crippen molar-refractivity contribution in [2.45, 2.75) is 69.5 Å². The number of quaternary nitrogens is 1. The molecule has 0 unspecified atom stereocenters. The number of fused-ring (bicyclic) bond motifs is 1. The van der Waals surface area contributed by atoms with Gasteiger partial charge in [0.2, 0.25) is 17.7 Å². The molecule has 2 aliphatic heterocycles. The number of carbonyl (C=O) groups is 4. The molecule has 3 heterocycles. The second-order valence-corrected chi connectivity index (χ2v) is 11.4. The lowest BCUT2D eigenvalue weighted by molar-refractivity contribution is -0.664. The Morgan fingerprint density at radius 1 is 1.02 bits per heavy atom. The molecule has 1 aromatic carbocycles. The van der Waals surface area contributed by atoms with Crippen LogP contribution in [0.3, 0.4) is 0 Å². The van der Waals surface area contributed by atoms with Gasteiger partial charge in [-0.05, 0) is 24.5 Å². The highest BCUT2D eigenvalue weighted by atomic mass is 16.2. The second kappa shape index (κ2) is 12.7. The van der Waals surface area contributed by atoms with Crippen LogP contribution < -0.4 is 21.7 Å². The molecule has 0 spiro atoms. The number of nitrogens with one attached hydrogen (secondary N) is 3. The minimum absolute atomic E-state index is 0.0449. The topological polar surface area (TPSA) is 157 Å². The van der Waals surface area contributed by atoms with E-state index in [0.717, 1.165) is 68.1 Å². The maximum Gasteiger partial charge on any atom is 0.318 e. The summed E-state index contributed by atoms with van der Waals surface area (Å²) in [5, 5.41) is 9.11. The van der Waals surface area contributed by atoms with Gasteiger partial charge in [-0.15, -0.1) is 0 Å². The second-order valence-electron chi connectivity index (χ2n) is 11.4. The lowest BCUT2D eigenvalue weighted by atomic mass is 9.95. The zero-order valence-electron chi connectivity index (χ0n) is 23.1. The molecule has 3 fully saturated rings. The fourth-order valence-corrected chi connectivity index (χ4v) is 6.40. The summed E-state index contributed by atoms with van der Waals surface area (Å²) in [6.07, 6.45) is 8.82. The maximum absolute atomic E-state index is 13.8. The molecule has 7 N–H and O–H groups in total. The number of para-hydroxylation sites is 1. The van der Waals surface area contributed by atoms with Gasteiger partial charge < -0.3 is 36.5 Å². The smallest absolute Gasteiger partial charge is 0.318 e. The molecular weight excluding hydrogens is 510 g/mol. The Kier molecular flexibility index (Phi) is 8.88. The van der Waals surface area contributed by atoms with Crippen molar-refractivity contribution < 1.29 is 24.5 Å². The van der Waals surface area contributed by atoms with Crippen LogP contribution in [0.2, 0.25) is 0 Å². The number of benzene rings is 1. The highest BCUT2D eigenvalue weighted by Crippen LogP contribution is 2.22. The molecule has 1 aromatic heterocycles. The lowest BCUT2D eigenvalue weighted by Gasteiger charge is -2.42. The first kappa shape index (κ1) is 27.9. The molecule has 5 rings (SSSR count). The summed E-state index contributed by atoms with van der Waals surface area (Å²) in [5.41, 5.74) is 7.53. The van der Waals surface area contributed by atoms with Gasteiger partial charge >= 0.3 is 6.03 Å². The summed E-state index contributed by atoms with van der Waals surface area (Å²) in [7, 11) is 0. The Morgan fingerprint density at radius 2 is 1.77 bits per heavy atom. The van der Waals surface area contributed by atoms with E-state index in [9.17, 15) is 19.2 Å². The summed E-state index contributed by atoms with van der Waals surface area (Å²) >= 11 is 0. The van der Waals surface area contributed by atoms with E-state index in [1.165, 1.54) is 11.3 Å². The van der Waals surface area contributed by atoms with E-state index in [0.29, 0.717) is 6.54 Å². The molecule has 216 valence electrons. The molecule has 2 aromatic rings. The van der Waals surface area contributed by atoms with Crippen LogP contribution in [0.4, 0.5) is 4.79 Å². The summed E-state index contributed by atoms with van der Waals surface area (Å²) in [4.78, 5) is 59.5. The van der Waals surface area contributed by atoms with Crippen molar-refractivity contribution in [3.63, 3.8) is 0 Å². The quantitative estimate of drug-likeness (QED) is 0.333.